The third-order valence-electron chi connectivity index (χ3n) is 7.61. The number of carbonyl (C=O) groups is 2. The minimum Gasteiger partial charge on any atom is -0.480 e. The minimum atomic E-state index is -1.57. The Morgan fingerprint density at radius 3 is 2.39 bits per heavy atom. The van der Waals surface area contributed by atoms with Crippen LogP contribution in [-0.4, -0.2) is 47.6 Å². The van der Waals surface area contributed by atoms with Crippen LogP contribution in [0.4, 0.5) is 17.2 Å². The van der Waals surface area contributed by atoms with Crippen molar-refractivity contribution in [2.24, 2.45) is 0 Å². The van der Waals surface area contributed by atoms with Crippen molar-refractivity contribution >= 4 is 52.2 Å². The lowest BCUT2D eigenvalue weighted by atomic mass is 9.86. The molecule has 4 aromatic rings. The van der Waals surface area contributed by atoms with Crippen LogP contribution in [0.5, 0.6) is 5.88 Å². The molecule has 2 aliphatic rings. The van der Waals surface area contributed by atoms with Crippen LogP contribution in [0, 0.1) is 6.92 Å². The molecule has 0 saturated heterocycles. The molecule has 2 aliphatic heterocycles. The summed E-state index contributed by atoms with van der Waals surface area (Å²) in [5.74, 6) is 0.735. The van der Waals surface area contributed by atoms with Gasteiger partial charge in [-0.3, -0.25) is 14.5 Å². The average Bonchev–Trinajstić information content (AvgIpc) is 3.53. The summed E-state index contributed by atoms with van der Waals surface area (Å²) in [6.07, 6.45) is 0. The van der Waals surface area contributed by atoms with Gasteiger partial charge in [0.25, 0.3) is 11.8 Å². The van der Waals surface area contributed by atoms with E-state index in [2.05, 4.69) is 10.3 Å². The lowest BCUT2D eigenvalue weighted by Gasteiger charge is -2.36. The molecule has 0 radical (unpaired) electrons. The summed E-state index contributed by atoms with van der Waals surface area (Å²) < 4.78 is 7.62. The second-order valence-corrected chi connectivity index (χ2v) is 11.5. The Bertz CT molecular complexity index is 1770. The number of nitrogens with one attached hydrogen (secondary N) is 1. The Morgan fingerprint density at radius 1 is 1.00 bits per heavy atom. The van der Waals surface area contributed by atoms with Crippen molar-refractivity contribution in [1.29, 1.82) is 0 Å². The van der Waals surface area contributed by atoms with E-state index in [0.717, 1.165) is 5.56 Å². The van der Waals surface area contributed by atoms with Gasteiger partial charge in [-0.05, 0) is 62.7 Å². The Labute approximate surface area is 247 Å². The minimum absolute atomic E-state index is 0.171. The summed E-state index contributed by atoms with van der Waals surface area (Å²) in [6, 6.07) is 14.0. The lowest BCUT2D eigenvalue weighted by Crippen LogP contribution is -2.51. The zero-order valence-corrected chi connectivity index (χ0v) is 24.9. The molecule has 1 N–H and O–H groups in total. The van der Waals surface area contributed by atoms with Crippen LogP contribution < -0.4 is 19.9 Å². The number of carbonyl (C=O) groups excluding carboxylic acids is 2. The molecule has 0 aliphatic carbocycles. The van der Waals surface area contributed by atoms with Gasteiger partial charge in [-0.25, -0.2) is 4.98 Å². The number of hydrogen-bond donors (Lipinski definition) is 1. The van der Waals surface area contributed by atoms with Crippen molar-refractivity contribution in [3.63, 3.8) is 0 Å². The zero-order chi connectivity index (χ0) is 29.4. The number of rotatable bonds is 5. The number of imidazole rings is 1. The molecule has 0 unspecified atom stereocenters. The molecular weight excluding hydrogens is 563 g/mol. The van der Waals surface area contributed by atoms with E-state index >= 15 is 0 Å². The van der Waals surface area contributed by atoms with Gasteiger partial charge in [0.2, 0.25) is 5.88 Å². The molecule has 210 valence electrons. The van der Waals surface area contributed by atoms with Crippen molar-refractivity contribution in [2.75, 3.05) is 36.3 Å². The highest BCUT2D eigenvalue weighted by molar-refractivity contribution is 6.32. The number of nitrogens with zero attached hydrogens (tertiary/aromatic N) is 5. The number of aromatic nitrogens is 3. The van der Waals surface area contributed by atoms with Gasteiger partial charge in [0, 0.05) is 41.4 Å². The highest BCUT2D eigenvalue weighted by Crippen LogP contribution is 2.55. The Balaban J connectivity index is 1.72. The zero-order valence-electron chi connectivity index (χ0n) is 23.4. The molecule has 0 saturated carbocycles. The smallest absolute Gasteiger partial charge is 0.280 e. The molecule has 4 heterocycles. The summed E-state index contributed by atoms with van der Waals surface area (Å²) >= 11 is 12.8. The first-order chi connectivity index (χ1) is 19.5. The molecule has 0 bridgehead atoms. The number of hydrogen-bond acceptors (Lipinski definition) is 6. The molecular formula is C30H28Cl2N6O3. The number of ether oxygens (including phenoxy) is 1. The number of amides is 2. The second-order valence-electron chi connectivity index (χ2n) is 10.6. The fourth-order valence-electron chi connectivity index (χ4n) is 5.83. The van der Waals surface area contributed by atoms with E-state index in [-0.39, 0.29) is 17.6 Å². The fourth-order valence-corrected chi connectivity index (χ4v) is 6.17. The molecule has 1 atom stereocenters. The maximum atomic E-state index is 14.5. The normalized spacial score (nSPS) is 17.3. The maximum absolute atomic E-state index is 14.5. The third-order valence-corrected chi connectivity index (χ3v) is 8.08. The SMILES string of the molecule is COc1nc(N(C)C)ccc1-c1nc2c(n1C(C)C)[C@]1(C(=O)Nc3cc(Cl)ccc31)N(c1cc(Cl)ccc1C)C2=O. The first kappa shape index (κ1) is 27.1. The van der Waals surface area contributed by atoms with Crippen LogP contribution >= 0.6 is 23.2 Å². The van der Waals surface area contributed by atoms with Crippen LogP contribution in [0.3, 0.4) is 0 Å². The van der Waals surface area contributed by atoms with E-state index < -0.39 is 11.4 Å². The number of pyridine rings is 1. The van der Waals surface area contributed by atoms with Gasteiger partial charge >= 0.3 is 0 Å². The standard InChI is InChI=1S/C30H28Cl2N6O3/c1-15(2)37-25-24(35-26(37)19-10-12-23(36(4)5)34-27(19)41-6)28(39)38(22-14-18(32)8-7-16(22)3)30(25)20-11-9-17(31)13-21(20)33-29(30)40/h7-15H,1-6H3,(H,33,40)/t30-/m1/s1. The Kier molecular flexibility index (Phi) is 6.28. The molecule has 9 nitrogen and oxygen atoms in total. The largest absolute Gasteiger partial charge is 0.480 e. The van der Waals surface area contributed by atoms with Gasteiger partial charge < -0.3 is 19.5 Å². The molecule has 41 heavy (non-hydrogen) atoms. The molecule has 2 amide bonds. The molecule has 2 aromatic carbocycles. The highest BCUT2D eigenvalue weighted by Gasteiger charge is 2.64. The molecule has 11 heteroatoms. The van der Waals surface area contributed by atoms with E-state index in [0.29, 0.717) is 55.8 Å². The summed E-state index contributed by atoms with van der Waals surface area (Å²) in [5.41, 5.74) is 2.09. The van der Waals surface area contributed by atoms with Gasteiger partial charge in [-0.2, -0.15) is 4.98 Å². The first-order valence-corrected chi connectivity index (χ1v) is 13.8. The summed E-state index contributed by atoms with van der Waals surface area (Å²) in [4.78, 5) is 41.8. The van der Waals surface area contributed by atoms with Crippen molar-refractivity contribution in [3.8, 4) is 17.3 Å². The van der Waals surface area contributed by atoms with Crippen LogP contribution in [0.15, 0.2) is 48.5 Å². The van der Waals surface area contributed by atoms with E-state index in [9.17, 15) is 9.59 Å². The van der Waals surface area contributed by atoms with Crippen LogP contribution in [-0.2, 0) is 10.3 Å². The fraction of sp³-hybridized carbons (Fsp3) is 0.267. The van der Waals surface area contributed by atoms with Crippen molar-refractivity contribution in [1.82, 2.24) is 14.5 Å². The first-order valence-electron chi connectivity index (χ1n) is 13.1. The van der Waals surface area contributed by atoms with Gasteiger partial charge in [0.05, 0.1) is 24.1 Å². The van der Waals surface area contributed by atoms with Crippen LogP contribution in [0.25, 0.3) is 11.4 Å². The monoisotopic (exact) mass is 590 g/mol. The van der Waals surface area contributed by atoms with Crippen LogP contribution in [0.2, 0.25) is 10.0 Å². The topological polar surface area (TPSA) is 92.6 Å². The summed E-state index contributed by atoms with van der Waals surface area (Å²) in [7, 11) is 5.33. The van der Waals surface area contributed by atoms with Crippen molar-refractivity contribution in [2.45, 2.75) is 32.4 Å². The number of benzene rings is 2. The van der Waals surface area contributed by atoms with E-state index in [4.69, 9.17) is 32.9 Å². The van der Waals surface area contributed by atoms with Crippen molar-refractivity contribution < 1.29 is 14.3 Å². The number of halogens is 2. The highest BCUT2D eigenvalue weighted by atomic mass is 35.5. The van der Waals surface area contributed by atoms with Gasteiger partial charge in [-0.15, -0.1) is 0 Å². The molecule has 2 aromatic heterocycles. The predicted octanol–water partition coefficient (Wildman–Crippen LogP) is 6.07. The number of aryl methyl sites for hydroxylation is 1. The van der Waals surface area contributed by atoms with Crippen molar-refractivity contribution in [3.05, 3.63) is 81.1 Å². The summed E-state index contributed by atoms with van der Waals surface area (Å²) in [5, 5.41) is 3.90. The molecule has 0 fully saturated rings. The van der Waals surface area contributed by atoms with Gasteiger partial charge in [0.15, 0.2) is 11.2 Å². The predicted molar refractivity (Wildman–Crippen MR) is 161 cm³/mol. The number of methoxy groups -OCH3 is 1. The van der Waals surface area contributed by atoms with E-state index in [1.54, 1.807) is 37.4 Å². The Hall–Kier alpha value is -4.08. The van der Waals surface area contributed by atoms with Gasteiger partial charge in [0.1, 0.15) is 11.6 Å². The summed E-state index contributed by atoms with van der Waals surface area (Å²) in [6.45, 7) is 5.85. The maximum Gasteiger partial charge on any atom is 0.280 e. The average molecular weight is 591 g/mol. The Morgan fingerprint density at radius 2 is 1.71 bits per heavy atom. The van der Waals surface area contributed by atoms with Gasteiger partial charge in [-0.1, -0.05) is 35.3 Å². The molecule has 6 rings (SSSR count). The van der Waals surface area contributed by atoms with E-state index in [1.807, 2.05) is 62.5 Å². The molecule has 1 spiro atoms. The number of anilines is 3. The lowest BCUT2D eigenvalue weighted by molar-refractivity contribution is -0.119. The second kappa shape index (κ2) is 9.49. The third kappa shape index (κ3) is 3.75. The van der Waals surface area contributed by atoms with E-state index in [1.165, 1.54) is 4.90 Å². The van der Waals surface area contributed by atoms with Crippen LogP contribution in [0.1, 0.15) is 47.2 Å². The quantitative estimate of drug-likeness (QED) is 0.303. The number of fused-ring (bicyclic) bond motifs is 4.